The molecule has 1 aromatic heterocycles. The van der Waals surface area contributed by atoms with Gasteiger partial charge in [-0.15, -0.1) is 0 Å². The molecule has 0 aliphatic rings. The van der Waals surface area contributed by atoms with Crippen LogP contribution in [0, 0.1) is 0 Å². The summed E-state index contributed by atoms with van der Waals surface area (Å²) in [6, 6.07) is 10.6. The summed E-state index contributed by atoms with van der Waals surface area (Å²) in [5, 5.41) is 3.38. The Morgan fingerprint density at radius 1 is 1.15 bits per heavy atom. The van der Waals surface area contributed by atoms with E-state index in [0.717, 1.165) is 29.2 Å². The van der Waals surface area contributed by atoms with Crippen molar-refractivity contribution in [2.75, 3.05) is 0 Å². The van der Waals surface area contributed by atoms with Crippen LogP contribution in [-0.2, 0) is 6.54 Å². The number of nitrogens with one attached hydrogen (secondary N) is 1. The molecule has 0 amide bonds. The molecule has 3 nitrogen and oxygen atoms in total. The third kappa shape index (κ3) is 3.87. The normalized spacial score (nSPS) is 11.3. The number of benzene rings is 1. The summed E-state index contributed by atoms with van der Waals surface area (Å²) < 4.78 is 11.3. The van der Waals surface area contributed by atoms with Gasteiger partial charge in [0.15, 0.2) is 0 Å². The van der Waals surface area contributed by atoms with Crippen LogP contribution in [0.15, 0.2) is 41.0 Å². The van der Waals surface area contributed by atoms with E-state index in [9.17, 15) is 0 Å². The van der Waals surface area contributed by atoms with Gasteiger partial charge in [0, 0.05) is 11.6 Å². The van der Waals surface area contributed by atoms with Crippen LogP contribution in [0.1, 0.15) is 33.5 Å². The molecule has 0 aliphatic carbocycles. The summed E-state index contributed by atoms with van der Waals surface area (Å²) in [7, 11) is 0. The van der Waals surface area contributed by atoms with E-state index in [1.165, 1.54) is 0 Å². The quantitative estimate of drug-likeness (QED) is 0.855. The highest BCUT2D eigenvalue weighted by Gasteiger charge is 2.10. The molecule has 1 N–H and O–H groups in total. The predicted octanol–water partition coefficient (Wildman–Crippen LogP) is 4.23. The SMILES string of the molecule is CC(C)NCc1occc1-c1cccc(OC(C)C)c1. The lowest BCUT2D eigenvalue weighted by atomic mass is 10.1. The van der Waals surface area contributed by atoms with Gasteiger partial charge in [-0.25, -0.2) is 0 Å². The van der Waals surface area contributed by atoms with E-state index in [1.54, 1.807) is 6.26 Å². The lowest BCUT2D eigenvalue weighted by molar-refractivity contribution is 0.242. The topological polar surface area (TPSA) is 34.4 Å². The largest absolute Gasteiger partial charge is 0.491 e. The molecule has 3 heteroatoms. The fourth-order valence-corrected chi connectivity index (χ4v) is 2.04. The average molecular weight is 273 g/mol. The zero-order valence-electron chi connectivity index (χ0n) is 12.6. The Morgan fingerprint density at radius 3 is 2.65 bits per heavy atom. The van der Waals surface area contributed by atoms with Crippen molar-refractivity contribution in [3.63, 3.8) is 0 Å². The van der Waals surface area contributed by atoms with Gasteiger partial charge in [-0.1, -0.05) is 26.0 Å². The number of hydrogen-bond acceptors (Lipinski definition) is 3. The molecule has 20 heavy (non-hydrogen) atoms. The number of rotatable bonds is 6. The van der Waals surface area contributed by atoms with Crippen molar-refractivity contribution >= 4 is 0 Å². The fraction of sp³-hybridized carbons (Fsp3) is 0.412. The Labute approximate surface area is 121 Å². The lowest BCUT2D eigenvalue weighted by Crippen LogP contribution is -2.21. The smallest absolute Gasteiger partial charge is 0.125 e. The lowest BCUT2D eigenvalue weighted by Gasteiger charge is -2.11. The van der Waals surface area contributed by atoms with Gasteiger partial charge in [0.25, 0.3) is 0 Å². The molecular weight excluding hydrogens is 250 g/mol. The maximum Gasteiger partial charge on any atom is 0.125 e. The molecule has 0 radical (unpaired) electrons. The van der Waals surface area contributed by atoms with E-state index >= 15 is 0 Å². The van der Waals surface area contributed by atoms with Crippen molar-refractivity contribution in [3.05, 3.63) is 42.4 Å². The summed E-state index contributed by atoms with van der Waals surface area (Å²) in [6.07, 6.45) is 1.92. The van der Waals surface area contributed by atoms with Crippen LogP contribution in [0.5, 0.6) is 5.75 Å². The minimum absolute atomic E-state index is 0.177. The van der Waals surface area contributed by atoms with Crippen LogP contribution in [0.2, 0.25) is 0 Å². The van der Waals surface area contributed by atoms with Crippen LogP contribution >= 0.6 is 0 Å². The van der Waals surface area contributed by atoms with Crippen molar-refractivity contribution < 1.29 is 9.15 Å². The van der Waals surface area contributed by atoms with Gasteiger partial charge in [-0.3, -0.25) is 0 Å². The van der Waals surface area contributed by atoms with Gasteiger partial charge >= 0.3 is 0 Å². The molecule has 0 fully saturated rings. The van der Waals surface area contributed by atoms with Crippen molar-refractivity contribution in [2.45, 2.75) is 46.4 Å². The highest BCUT2D eigenvalue weighted by Crippen LogP contribution is 2.28. The molecule has 0 bridgehead atoms. The van der Waals surface area contributed by atoms with Gasteiger partial charge < -0.3 is 14.5 Å². The Kier molecular flexibility index (Phi) is 4.85. The second-order valence-corrected chi connectivity index (χ2v) is 5.49. The van der Waals surface area contributed by atoms with E-state index in [-0.39, 0.29) is 6.10 Å². The van der Waals surface area contributed by atoms with Crippen LogP contribution in [0.3, 0.4) is 0 Å². The maximum atomic E-state index is 5.74. The molecule has 0 aliphatic heterocycles. The highest BCUT2D eigenvalue weighted by atomic mass is 16.5. The summed E-state index contributed by atoms with van der Waals surface area (Å²) >= 11 is 0. The first kappa shape index (κ1) is 14.7. The van der Waals surface area contributed by atoms with Gasteiger partial charge in [-0.05, 0) is 37.6 Å². The van der Waals surface area contributed by atoms with E-state index in [2.05, 4.69) is 31.3 Å². The molecule has 1 aromatic carbocycles. The zero-order valence-corrected chi connectivity index (χ0v) is 12.6. The maximum absolute atomic E-state index is 5.74. The molecule has 0 saturated heterocycles. The summed E-state index contributed by atoms with van der Waals surface area (Å²) in [5.41, 5.74) is 2.24. The number of hydrogen-bond donors (Lipinski definition) is 1. The Balaban J connectivity index is 2.21. The first-order valence-electron chi connectivity index (χ1n) is 7.13. The second-order valence-electron chi connectivity index (χ2n) is 5.49. The van der Waals surface area contributed by atoms with Crippen molar-refractivity contribution in [1.82, 2.24) is 5.32 Å². The Hall–Kier alpha value is -1.74. The molecule has 0 atom stereocenters. The average Bonchev–Trinajstić information content (AvgIpc) is 2.84. The Morgan fingerprint density at radius 2 is 1.95 bits per heavy atom. The summed E-state index contributed by atoms with van der Waals surface area (Å²) in [4.78, 5) is 0. The second kappa shape index (κ2) is 6.62. The minimum atomic E-state index is 0.177. The monoisotopic (exact) mass is 273 g/mol. The van der Waals surface area contributed by atoms with Gasteiger partial charge in [-0.2, -0.15) is 0 Å². The molecule has 1 heterocycles. The third-order valence-corrected chi connectivity index (χ3v) is 2.93. The highest BCUT2D eigenvalue weighted by molar-refractivity contribution is 5.66. The Bertz CT molecular complexity index is 543. The fourth-order valence-electron chi connectivity index (χ4n) is 2.04. The van der Waals surface area contributed by atoms with Crippen molar-refractivity contribution in [2.24, 2.45) is 0 Å². The van der Waals surface area contributed by atoms with E-state index < -0.39 is 0 Å². The van der Waals surface area contributed by atoms with Crippen LogP contribution < -0.4 is 10.1 Å². The molecular formula is C17H23NO2. The molecule has 108 valence electrons. The van der Waals surface area contributed by atoms with E-state index in [0.29, 0.717) is 6.04 Å². The van der Waals surface area contributed by atoms with E-state index in [1.807, 2.05) is 32.0 Å². The summed E-state index contributed by atoms with van der Waals surface area (Å²) in [5.74, 6) is 1.85. The van der Waals surface area contributed by atoms with E-state index in [4.69, 9.17) is 9.15 Å². The van der Waals surface area contributed by atoms with Crippen LogP contribution in [-0.4, -0.2) is 12.1 Å². The van der Waals surface area contributed by atoms with Gasteiger partial charge in [0.05, 0.1) is 18.9 Å². The first-order chi connectivity index (χ1) is 9.56. The molecule has 0 spiro atoms. The van der Waals surface area contributed by atoms with Gasteiger partial charge in [0.2, 0.25) is 0 Å². The number of furan rings is 1. The predicted molar refractivity (Wildman–Crippen MR) is 81.9 cm³/mol. The minimum Gasteiger partial charge on any atom is -0.491 e. The third-order valence-electron chi connectivity index (χ3n) is 2.93. The molecule has 0 unspecified atom stereocenters. The van der Waals surface area contributed by atoms with Crippen LogP contribution in [0.25, 0.3) is 11.1 Å². The van der Waals surface area contributed by atoms with Crippen LogP contribution in [0.4, 0.5) is 0 Å². The van der Waals surface area contributed by atoms with Crippen molar-refractivity contribution in [3.8, 4) is 16.9 Å². The summed E-state index contributed by atoms with van der Waals surface area (Å²) in [6.45, 7) is 9.04. The molecule has 2 rings (SSSR count). The van der Waals surface area contributed by atoms with Crippen molar-refractivity contribution in [1.29, 1.82) is 0 Å². The van der Waals surface area contributed by atoms with Gasteiger partial charge in [0.1, 0.15) is 11.5 Å². The molecule has 2 aromatic rings. The zero-order chi connectivity index (χ0) is 14.5. The number of ether oxygens (including phenoxy) is 1. The molecule has 0 saturated carbocycles. The standard InChI is InChI=1S/C17H23NO2/c1-12(2)18-11-17-16(8-9-19-17)14-6-5-7-15(10-14)20-13(3)4/h5-10,12-13,18H,11H2,1-4H3. The first-order valence-corrected chi connectivity index (χ1v) is 7.13.